The van der Waals surface area contributed by atoms with Gasteiger partial charge in [0.05, 0.1) is 5.41 Å². The minimum Gasteiger partial charge on any atom is -0.351 e. The summed E-state index contributed by atoms with van der Waals surface area (Å²) in [6.45, 7) is 9.41. The van der Waals surface area contributed by atoms with Crippen LogP contribution in [0.3, 0.4) is 0 Å². The minimum atomic E-state index is -0.265. The van der Waals surface area contributed by atoms with Gasteiger partial charge >= 0.3 is 0 Å². The van der Waals surface area contributed by atoms with Crippen LogP contribution in [0, 0.1) is 11.3 Å². The van der Waals surface area contributed by atoms with E-state index in [1.807, 2.05) is 12.1 Å². The van der Waals surface area contributed by atoms with E-state index in [4.69, 9.17) is 0 Å². The average Bonchev–Trinajstić information content (AvgIpc) is 3.17. The van der Waals surface area contributed by atoms with Crippen molar-refractivity contribution in [3.05, 3.63) is 29.8 Å². The molecule has 6 nitrogen and oxygen atoms in total. The Morgan fingerprint density at radius 1 is 1.18 bits per heavy atom. The lowest BCUT2D eigenvalue weighted by Crippen LogP contribution is -2.44. The van der Waals surface area contributed by atoms with Crippen molar-refractivity contribution in [1.82, 2.24) is 15.5 Å². The Hall–Kier alpha value is -1.92. The Morgan fingerprint density at radius 2 is 1.93 bits per heavy atom. The number of carbonyl (C=O) groups is 2. The summed E-state index contributed by atoms with van der Waals surface area (Å²) in [7, 11) is 0. The number of likely N-dealkylation sites (N-methyl/N-ethyl adjacent to an activating group) is 1. The van der Waals surface area contributed by atoms with E-state index in [0.29, 0.717) is 18.0 Å². The van der Waals surface area contributed by atoms with Gasteiger partial charge in [-0.3, -0.25) is 9.59 Å². The maximum absolute atomic E-state index is 13.0. The molecule has 0 unspecified atom stereocenters. The number of hydrogen-bond acceptors (Lipinski definition) is 4. The quantitative estimate of drug-likeness (QED) is 0.642. The molecule has 2 atom stereocenters. The summed E-state index contributed by atoms with van der Waals surface area (Å²) in [6.07, 6.45) is 4.44. The zero-order valence-electron chi connectivity index (χ0n) is 17.2. The number of nitrogens with one attached hydrogen (secondary N) is 3. The Morgan fingerprint density at radius 3 is 2.64 bits per heavy atom. The average molecular weight is 387 g/mol. The molecule has 0 spiro atoms. The van der Waals surface area contributed by atoms with Gasteiger partial charge in [-0.1, -0.05) is 26.7 Å². The summed E-state index contributed by atoms with van der Waals surface area (Å²) in [6, 6.07) is 7.22. The molecule has 1 heterocycles. The highest BCUT2D eigenvalue weighted by atomic mass is 16.2. The van der Waals surface area contributed by atoms with E-state index in [0.717, 1.165) is 57.7 Å². The van der Waals surface area contributed by atoms with Crippen LogP contribution in [0.2, 0.25) is 0 Å². The molecule has 0 aromatic heterocycles. The predicted molar refractivity (Wildman–Crippen MR) is 112 cm³/mol. The molecule has 1 saturated heterocycles. The van der Waals surface area contributed by atoms with Gasteiger partial charge in [0.15, 0.2) is 0 Å². The van der Waals surface area contributed by atoms with E-state index in [1.165, 1.54) is 6.42 Å². The van der Waals surface area contributed by atoms with E-state index in [9.17, 15) is 9.59 Å². The molecule has 0 radical (unpaired) electrons. The van der Waals surface area contributed by atoms with Gasteiger partial charge in [0.2, 0.25) is 5.91 Å². The Labute approximate surface area is 168 Å². The highest BCUT2D eigenvalue weighted by Gasteiger charge is 2.49. The fourth-order valence-electron chi connectivity index (χ4n) is 4.62. The van der Waals surface area contributed by atoms with Crippen LogP contribution in [0.15, 0.2) is 24.3 Å². The summed E-state index contributed by atoms with van der Waals surface area (Å²) >= 11 is 0. The molecule has 6 heteroatoms. The summed E-state index contributed by atoms with van der Waals surface area (Å²) in [4.78, 5) is 27.6. The molecule has 2 aliphatic rings. The second-order valence-electron chi connectivity index (χ2n) is 8.04. The fourth-order valence-corrected chi connectivity index (χ4v) is 4.62. The van der Waals surface area contributed by atoms with Gasteiger partial charge in [-0.25, -0.2) is 0 Å². The van der Waals surface area contributed by atoms with Crippen LogP contribution in [0.4, 0.5) is 5.69 Å². The lowest BCUT2D eigenvalue weighted by atomic mass is 9.67. The van der Waals surface area contributed by atoms with Gasteiger partial charge in [0, 0.05) is 30.9 Å². The van der Waals surface area contributed by atoms with Crippen molar-refractivity contribution in [3.8, 4) is 0 Å². The van der Waals surface area contributed by atoms with Crippen molar-refractivity contribution >= 4 is 17.5 Å². The van der Waals surface area contributed by atoms with Gasteiger partial charge in [-0.15, -0.1) is 0 Å². The molecule has 154 valence electrons. The monoisotopic (exact) mass is 386 g/mol. The largest absolute Gasteiger partial charge is 0.351 e. The molecule has 1 saturated carbocycles. The Balaban J connectivity index is 1.54. The van der Waals surface area contributed by atoms with Gasteiger partial charge in [-0.2, -0.15) is 0 Å². The van der Waals surface area contributed by atoms with Crippen LogP contribution in [-0.4, -0.2) is 56.0 Å². The summed E-state index contributed by atoms with van der Waals surface area (Å²) in [5.41, 5.74) is 1.11. The van der Waals surface area contributed by atoms with E-state index in [1.54, 1.807) is 12.1 Å². The van der Waals surface area contributed by atoms with Gasteiger partial charge < -0.3 is 20.9 Å². The number of fused-ring (bicyclic) bond motifs is 1. The molecule has 3 rings (SSSR count). The molecule has 1 aliphatic carbocycles. The number of hydrogen-bond donors (Lipinski definition) is 3. The summed E-state index contributed by atoms with van der Waals surface area (Å²) in [5.74, 6) is 0.492. The van der Waals surface area contributed by atoms with Crippen LogP contribution < -0.4 is 16.0 Å². The molecule has 0 bridgehead atoms. The first-order valence-electron chi connectivity index (χ1n) is 10.7. The molecule has 3 N–H and O–H groups in total. The maximum atomic E-state index is 13.0. The first kappa shape index (κ1) is 20.8. The second kappa shape index (κ2) is 9.52. The number of nitrogens with zero attached hydrogens (tertiary/aromatic N) is 1. The van der Waals surface area contributed by atoms with Crippen molar-refractivity contribution in [2.45, 2.75) is 39.5 Å². The van der Waals surface area contributed by atoms with Crippen molar-refractivity contribution in [3.63, 3.8) is 0 Å². The highest BCUT2D eigenvalue weighted by Crippen LogP contribution is 2.44. The van der Waals surface area contributed by atoms with Crippen LogP contribution >= 0.6 is 0 Å². The van der Waals surface area contributed by atoms with Crippen molar-refractivity contribution < 1.29 is 9.59 Å². The third kappa shape index (κ3) is 4.55. The standard InChI is InChI=1S/C22H34N4O2/c1-3-26(4-2)14-13-24-20(27)17-8-10-19(11-9-17)25-21(28)22-12-6-5-7-18(22)15-23-16-22/h8-11,18,23H,3-7,12-16H2,1-2H3,(H,24,27)(H,25,28)/t18-,22+/m0/s1. The molecular formula is C22H34N4O2. The van der Waals surface area contributed by atoms with E-state index >= 15 is 0 Å². The highest BCUT2D eigenvalue weighted by molar-refractivity contribution is 5.98. The maximum Gasteiger partial charge on any atom is 0.251 e. The van der Waals surface area contributed by atoms with E-state index < -0.39 is 0 Å². The van der Waals surface area contributed by atoms with Crippen molar-refractivity contribution in [2.24, 2.45) is 11.3 Å². The molecular weight excluding hydrogens is 352 g/mol. The number of carbonyl (C=O) groups excluding carboxylic acids is 2. The SMILES string of the molecule is CCN(CC)CCNC(=O)c1ccc(NC(=O)[C@@]23CCCC[C@H]2CNC3)cc1. The first-order chi connectivity index (χ1) is 13.6. The number of amides is 2. The lowest BCUT2D eigenvalue weighted by molar-refractivity contribution is -0.128. The van der Waals surface area contributed by atoms with Gasteiger partial charge in [-0.05, 0) is 62.7 Å². The molecule has 1 aliphatic heterocycles. The second-order valence-corrected chi connectivity index (χ2v) is 8.04. The van der Waals surface area contributed by atoms with E-state index in [2.05, 4.69) is 34.7 Å². The normalized spacial score (nSPS) is 24.0. The van der Waals surface area contributed by atoms with Crippen molar-refractivity contribution in [2.75, 3.05) is 44.6 Å². The van der Waals surface area contributed by atoms with Crippen LogP contribution in [0.25, 0.3) is 0 Å². The first-order valence-corrected chi connectivity index (χ1v) is 10.7. The number of anilines is 1. The minimum absolute atomic E-state index is 0.0732. The molecule has 28 heavy (non-hydrogen) atoms. The molecule has 2 fully saturated rings. The molecule has 1 aromatic rings. The lowest BCUT2D eigenvalue weighted by Gasteiger charge is -2.37. The van der Waals surface area contributed by atoms with E-state index in [-0.39, 0.29) is 17.2 Å². The van der Waals surface area contributed by atoms with Crippen molar-refractivity contribution in [1.29, 1.82) is 0 Å². The summed E-state index contributed by atoms with van der Waals surface area (Å²) in [5, 5.41) is 9.47. The number of rotatable bonds is 8. The zero-order valence-corrected chi connectivity index (χ0v) is 17.2. The fraction of sp³-hybridized carbons (Fsp3) is 0.636. The zero-order chi connectivity index (χ0) is 20.0. The third-order valence-electron chi connectivity index (χ3n) is 6.50. The third-order valence-corrected chi connectivity index (χ3v) is 6.50. The topological polar surface area (TPSA) is 73.5 Å². The van der Waals surface area contributed by atoms with Gasteiger partial charge in [0.1, 0.15) is 0 Å². The van der Waals surface area contributed by atoms with Crippen LogP contribution in [0.1, 0.15) is 49.9 Å². The molecule has 2 amide bonds. The molecule has 1 aromatic carbocycles. The Bertz CT molecular complexity index is 672. The van der Waals surface area contributed by atoms with Crippen LogP contribution in [0.5, 0.6) is 0 Å². The van der Waals surface area contributed by atoms with Gasteiger partial charge in [0.25, 0.3) is 5.91 Å². The smallest absolute Gasteiger partial charge is 0.251 e. The number of benzene rings is 1. The predicted octanol–water partition coefficient (Wildman–Crippen LogP) is 2.48. The summed E-state index contributed by atoms with van der Waals surface area (Å²) < 4.78 is 0. The van der Waals surface area contributed by atoms with Crippen LogP contribution in [-0.2, 0) is 4.79 Å². The Kier molecular flexibility index (Phi) is 7.08.